The van der Waals surface area contributed by atoms with Crippen molar-refractivity contribution in [3.05, 3.63) is 70.8 Å². The maximum Gasteiger partial charge on any atom is 0.306 e. The van der Waals surface area contributed by atoms with Gasteiger partial charge in [0, 0.05) is 11.1 Å². The first-order valence-corrected chi connectivity index (χ1v) is 8.30. The van der Waals surface area contributed by atoms with Crippen molar-refractivity contribution >= 4 is 17.7 Å². The summed E-state index contributed by atoms with van der Waals surface area (Å²) in [6.07, 6.45) is 1.69. The van der Waals surface area contributed by atoms with Gasteiger partial charge >= 0.3 is 5.97 Å². The maximum atomic E-state index is 11.8. The van der Waals surface area contributed by atoms with Gasteiger partial charge in [0.2, 0.25) is 5.91 Å². The molecule has 0 aliphatic rings. The Morgan fingerprint density at radius 3 is 2.35 bits per heavy atom. The van der Waals surface area contributed by atoms with Crippen LogP contribution in [0.3, 0.4) is 0 Å². The van der Waals surface area contributed by atoms with Crippen molar-refractivity contribution in [2.75, 3.05) is 7.11 Å². The molecule has 1 amide bonds. The number of hydrogen-bond acceptors (Lipinski definition) is 4. The number of carbonyl (C=O) groups is 2. The molecule has 1 atom stereocenters. The number of amidine groups is 1. The summed E-state index contributed by atoms with van der Waals surface area (Å²) in [6, 6.07) is 14.5. The van der Waals surface area contributed by atoms with Crippen LogP contribution in [0.25, 0.3) is 0 Å². The minimum absolute atomic E-state index is 0.00860. The number of rotatable bonds is 8. The number of primary amides is 1. The second-order valence-electron chi connectivity index (χ2n) is 6.12. The fraction of sp³-hybridized carbons (Fsp3) is 0.250. The Bertz CT molecular complexity index is 800. The third-order valence-electron chi connectivity index (χ3n) is 4.33. The summed E-state index contributed by atoms with van der Waals surface area (Å²) in [6.45, 7) is 0. The molecule has 0 fully saturated rings. The monoisotopic (exact) mass is 353 g/mol. The number of ether oxygens (including phenoxy) is 1. The number of esters is 1. The lowest BCUT2D eigenvalue weighted by Gasteiger charge is -2.17. The van der Waals surface area contributed by atoms with Crippen molar-refractivity contribution in [1.29, 1.82) is 5.41 Å². The van der Waals surface area contributed by atoms with E-state index in [1.165, 1.54) is 7.11 Å². The molecule has 0 bridgehead atoms. The molecule has 2 aromatic carbocycles. The summed E-state index contributed by atoms with van der Waals surface area (Å²) in [5.74, 6) is -0.809. The first kappa shape index (κ1) is 19.2. The number of nitrogen functional groups attached to an aromatic ring is 1. The predicted molar refractivity (Wildman–Crippen MR) is 100 cm³/mol. The molecule has 2 aromatic rings. The van der Waals surface area contributed by atoms with Gasteiger partial charge in [-0.25, -0.2) is 0 Å². The van der Waals surface area contributed by atoms with E-state index in [1.807, 2.05) is 30.3 Å². The second-order valence-corrected chi connectivity index (χ2v) is 6.12. The molecule has 2 rings (SSSR count). The number of carbonyl (C=O) groups excluding carboxylic acids is 2. The van der Waals surface area contributed by atoms with Gasteiger partial charge < -0.3 is 16.2 Å². The summed E-state index contributed by atoms with van der Waals surface area (Å²) >= 11 is 0. The summed E-state index contributed by atoms with van der Waals surface area (Å²) in [7, 11) is 1.37. The molecule has 0 heterocycles. The first-order chi connectivity index (χ1) is 12.4. The lowest BCUT2D eigenvalue weighted by Crippen LogP contribution is -2.14. The highest BCUT2D eigenvalue weighted by molar-refractivity contribution is 5.95. The normalized spacial score (nSPS) is 11.6. The smallest absolute Gasteiger partial charge is 0.306 e. The molecule has 6 nitrogen and oxygen atoms in total. The van der Waals surface area contributed by atoms with Crippen molar-refractivity contribution in [2.24, 2.45) is 11.5 Å². The largest absolute Gasteiger partial charge is 0.469 e. The average molecular weight is 353 g/mol. The summed E-state index contributed by atoms with van der Waals surface area (Å²) in [5, 5.41) is 7.59. The maximum absolute atomic E-state index is 11.8. The van der Waals surface area contributed by atoms with Gasteiger partial charge in [-0.3, -0.25) is 15.0 Å². The van der Waals surface area contributed by atoms with Gasteiger partial charge in [-0.05, 0) is 48.1 Å². The number of nitrogens with two attached hydrogens (primary N) is 2. The van der Waals surface area contributed by atoms with Crippen molar-refractivity contribution in [1.82, 2.24) is 0 Å². The van der Waals surface area contributed by atoms with Crippen LogP contribution in [0, 0.1) is 5.41 Å². The molecule has 0 aliphatic carbocycles. The molecule has 0 aliphatic heterocycles. The molecular formula is C20H23N3O3. The Hall–Kier alpha value is -3.15. The number of nitrogens with one attached hydrogen (secondary N) is 1. The lowest BCUT2D eigenvalue weighted by molar-refractivity contribution is -0.141. The molecule has 26 heavy (non-hydrogen) atoms. The number of hydrogen-bond donors (Lipinski definition) is 3. The predicted octanol–water partition coefficient (Wildman–Crippen LogP) is 2.35. The zero-order chi connectivity index (χ0) is 19.1. The van der Waals surface area contributed by atoms with E-state index in [4.69, 9.17) is 21.6 Å². The third-order valence-corrected chi connectivity index (χ3v) is 4.33. The van der Waals surface area contributed by atoms with Crippen LogP contribution < -0.4 is 11.5 Å². The summed E-state index contributed by atoms with van der Waals surface area (Å²) in [4.78, 5) is 23.0. The van der Waals surface area contributed by atoms with Crippen molar-refractivity contribution in [3.8, 4) is 0 Å². The molecular weight excluding hydrogens is 330 g/mol. The third kappa shape index (κ3) is 5.17. The summed E-state index contributed by atoms with van der Waals surface area (Å²) in [5.41, 5.74) is 13.9. The Labute approximate surface area is 152 Å². The van der Waals surface area contributed by atoms with Crippen LogP contribution in [-0.4, -0.2) is 24.8 Å². The van der Waals surface area contributed by atoms with Gasteiger partial charge in [0.05, 0.1) is 13.5 Å². The minimum Gasteiger partial charge on any atom is -0.469 e. The highest BCUT2D eigenvalue weighted by Gasteiger charge is 2.17. The molecule has 0 saturated heterocycles. The number of methoxy groups -OCH3 is 1. The van der Waals surface area contributed by atoms with Crippen LogP contribution in [0.15, 0.2) is 48.5 Å². The SMILES string of the molecule is COC(=O)C[C@H](CCc1ccc(C(N)=O)cc1)c1cccc(C(=N)N)c1. The van der Waals surface area contributed by atoms with Crippen LogP contribution >= 0.6 is 0 Å². The van der Waals surface area contributed by atoms with E-state index in [-0.39, 0.29) is 24.1 Å². The van der Waals surface area contributed by atoms with Crippen LogP contribution in [-0.2, 0) is 16.0 Å². The zero-order valence-corrected chi connectivity index (χ0v) is 14.7. The second kappa shape index (κ2) is 8.80. The molecule has 5 N–H and O–H groups in total. The first-order valence-electron chi connectivity index (χ1n) is 8.30. The van der Waals surface area contributed by atoms with E-state index >= 15 is 0 Å². The van der Waals surface area contributed by atoms with Gasteiger partial charge in [-0.15, -0.1) is 0 Å². The topological polar surface area (TPSA) is 119 Å². The van der Waals surface area contributed by atoms with Gasteiger partial charge in [-0.2, -0.15) is 0 Å². The molecule has 0 unspecified atom stereocenters. The van der Waals surface area contributed by atoms with Crippen molar-refractivity contribution in [2.45, 2.75) is 25.2 Å². The van der Waals surface area contributed by atoms with E-state index in [2.05, 4.69) is 0 Å². The average Bonchev–Trinajstić information content (AvgIpc) is 2.65. The minimum atomic E-state index is -0.457. The van der Waals surface area contributed by atoms with Gasteiger partial charge in [0.15, 0.2) is 0 Å². The molecule has 136 valence electrons. The molecule has 0 radical (unpaired) electrons. The van der Waals surface area contributed by atoms with E-state index < -0.39 is 5.91 Å². The molecule has 0 saturated carbocycles. The van der Waals surface area contributed by atoms with Crippen LogP contribution in [0.5, 0.6) is 0 Å². The Balaban J connectivity index is 2.16. The van der Waals surface area contributed by atoms with Gasteiger partial charge in [0.1, 0.15) is 5.84 Å². The zero-order valence-electron chi connectivity index (χ0n) is 14.7. The van der Waals surface area contributed by atoms with Crippen molar-refractivity contribution in [3.63, 3.8) is 0 Å². The Morgan fingerprint density at radius 1 is 1.08 bits per heavy atom. The number of benzene rings is 2. The standard InChI is InChI=1S/C20H23N3O3/c1-26-18(24)12-16(15-3-2-4-17(11-15)19(21)22)10-7-13-5-8-14(9-6-13)20(23)25/h2-6,8-9,11,16H,7,10,12H2,1H3,(H3,21,22)(H2,23,25)/t16-/m0/s1. The molecule has 0 aromatic heterocycles. The van der Waals surface area contributed by atoms with Crippen LogP contribution in [0.1, 0.15) is 45.8 Å². The van der Waals surface area contributed by atoms with Crippen LogP contribution in [0.4, 0.5) is 0 Å². The van der Waals surface area contributed by atoms with E-state index in [9.17, 15) is 9.59 Å². The van der Waals surface area contributed by atoms with Crippen LogP contribution in [0.2, 0.25) is 0 Å². The molecule has 0 spiro atoms. The summed E-state index contributed by atoms with van der Waals surface area (Å²) < 4.78 is 4.82. The Morgan fingerprint density at radius 2 is 1.77 bits per heavy atom. The van der Waals surface area contributed by atoms with Crippen molar-refractivity contribution < 1.29 is 14.3 Å². The lowest BCUT2D eigenvalue weighted by atomic mass is 9.88. The fourth-order valence-electron chi connectivity index (χ4n) is 2.81. The van der Waals surface area contributed by atoms with Gasteiger partial charge in [0.25, 0.3) is 0 Å². The Kier molecular flexibility index (Phi) is 6.49. The molecule has 6 heteroatoms. The van der Waals surface area contributed by atoms with E-state index in [0.29, 0.717) is 17.5 Å². The quantitative estimate of drug-likeness (QED) is 0.383. The number of amides is 1. The highest BCUT2D eigenvalue weighted by atomic mass is 16.5. The highest BCUT2D eigenvalue weighted by Crippen LogP contribution is 2.27. The fourth-order valence-corrected chi connectivity index (χ4v) is 2.81. The number of aryl methyl sites for hydroxylation is 1. The van der Waals surface area contributed by atoms with E-state index in [0.717, 1.165) is 17.5 Å². The van der Waals surface area contributed by atoms with E-state index in [1.54, 1.807) is 18.2 Å². The van der Waals surface area contributed by atoms with Gasteiger partial charge in [-0.1, -0.05) is 30.3 Å².